The number of benzene rings is 2. The van der Waals surface area contributed by atoms with Crippen molar-refractivity contribution in [1.82, 2.24) is 9.97 Å². The average Bonchev–Trinajstić information content (AvgIpc) is 3.21. The predicted octanol–water partition coefficient (Wildman–Crippen LogP) is 5.72. The topological polar surface area (TPSA) is 46.1 Å². The lowest BCUT2D eigenvalue weighted by Crippen LogP contribution is -2.31. The lowest BCUT2D eigenvalue weighted by atomic mass is 10.1. The third kappa shape index (κ3) is 4.68. The molecule has 2 aromatic heterocycles. The van der Waals surface area contributed by atoms with Crippen LogP contribution in [0.5, 0.6) is 0 Å². The molecule has 4 nitrogen and oxygen atoms in total. The molecular weight excluding hydrogens is 417 g/mol. The summed E-state index contributed by atoms with van der Waals surface area (Å²) in [6.45, 7) is 2.50. The van der Waals surface area contributed by atoms with Crippen LogP contribution in [0.2, 0.25) is 0 Å². The van der Waals surface area contributed by atoms with Crippen LogP contribution in [0, 0.1) is 5.82 Å². The Labute approximate surface area is 182 Å². The molecule has 0 radical (unpaired) electrons. The van der Waals surface area contributed by atoms with E-state index in [-0.39, 0.29) is 17.5 Å². The van der Waals surface area contributed by atoms with E-state index in [4.69, 9.17) is 4.98 Å². The molecule has 0 aliphatic heterocycles. The molecule has 7 heteroatoms. The number of para-hydroxylation sites is 1. The molecule has 0 spiro atoms. The van der Waals surface area contributed by atoms with Crippen LogP contribution in [0.4, 0.5) is 9.52 Å². The second-order valence-corrected chi connectivity index (χ2v) is 8.76. The summed E-state index contributed by atoms with van der Waals surface area (Å²) in [5.74, 6) is -0.0991. The number of carbonyl (C=O) groups excluding carboxylic acids is 1. The Balaban J connectivity index is 1.62. The van der Waals surface area contributed by atoms with E-state index < -0.39 is 0 Å². The highest BCUT2D eigenvalue weighted by molar-refractivity contribution is 8.00. The number of hydrogen-bond donors (Lipinski definition) is 0. The molecule has 4 aromatic rings. The van der Waals surface area contributed by atoms with Crippen LogP contribution >= 0.6 is 23.1 Å². The molecule has 152 valence electrons. The molecule has 0 fully saturated rings. The van der Waals surface area contributed by atoms with E-state index in [9.17, 15) is 9.18 Å². The second kappa shape index (κ2) is 9.36. The third-order valence-electron chi connectivity index (χ3n) is 4.64. The van der Waals surface area contributed by atoms with Crippen molar-refractivity contribution >= 4 is 44.4 Å². The molecule has 0 saturated heterocycles. The first kappa shape index (κ1) is 20.5. The van der Waals surface area contributed by atoms with Crippen molar-refractivity contribution in [3.05, 3.63) is 83.9 Å². The number of pyridine rings is 1. The molecule has 0 N–H and O–H groups in total. The summed E-state index contributed by atoms with van der Waals surface area (Å²) in [4.78, 5) is 24.7. The van der Waals surface area contributed by atoms with Crippen molar-refractivity contribution in [3.8, 4) is 0 Å². The minimum atomic E-state index is -0.287. The number of fused-ring (bicyclic) bond motifs is 1. The van der Waals surface area contributed by atoms with Gasteiger partial charge >= 0.3 is 0 Å². The normalized spacial score (nSPS) is 11.0. The maximum Gasteiger partial charge on any atom is 0.239 e. The Morgan fingerprint density at radius 1 is 1.13 bits per heavy atom. The number of carbonyl (C=O) groups is 1. The van der Waals surface area contributed by atoms with Crippen LogP contribution in [0.15, 0.2) is 71.9 Å². The van der Waals surface area contributed by atoms with Gasteiger partial charge in [-0.3, -0.25) is 14.7 Å². The predicted molar refractivity (Wildman–Crippen MR) is 122 cm³/mol. The van der Waals surface area contributed by atoms with Gasteiger partial charge in [-0.05, 0) is 53.9 Å². The quantitative estimate of drug-likeness (QED) is 0.347. The van der Waals surface area contributed by atoms with Crippen molar-refractivity contribution in [2.75, 3.05) is 10.7 Å². The lowest BCUT2D eigenvalue weighted by molar-refractivity contribution is -0.116. The summed E-state index contributed by atoms with van der Waals surface area (Å²) in [5.41, 5.74) is 3.06. The molecule has 2 heterocycles. The van der Waals surface area contributed by atoms with Gasteiger partial charge in [-0.25, -0.2) is 9.37 Å². The average molecular weight is 438 g/mol. The zero-order chi connectivity index (χ0) is 20.9. The van der Waals surface area contributed by atoms with E-state index in [2.05, 4.69) is 18.0 Å². The number of halogens is 1. The molecule has 0 unspecified atom stereocenters. The Hall–Kier alpha value is -2.77. The molecule has 30 heavy (non-hydrogen) atoms. The fourth-order valence-corrected chi connectivity index (χ4v) is 4.89. The standard InChI is InChI=1S/C23H20FN3OS2/c1-2-17-6-3-7-20-22(17)26-23(30-20)27(14-16-5-4-12-25-13-16)21(28)15-29-19-10-8-18(24)9-11-19/h3-13H,2,14-15H2,1H3. The molecule has 0 saturated carbocycles. The fraction of sp³-hybridized carbons (Fsp3) is 0.174. The molecule has 0 aliphatic carbocycles. The van der Waals surface area contributed by atoms with Crippen molar-refractivity contribution in [1.29, 1.82) is 0 Å². The number of aromatic nitrogens is 2. The van der Waals surface area contributed by atoms with Gasteiger partial charge in [-0.1, -0.05) is 36.5 Å². The number of thiazole rings is 1. The summed E-state index contributed by atoms with van der Waals surface area (Å²) in [7, 11) is 0. The van der Waals surface area contributed by atoms with Crippen LogP contribution < -0.4 is 4.90 Å². The molecule has 1 amide bonds. The van der Waals surface area contributed by atoms with Crippen LogP contribution in [0.25, 0.3) is 10.2 Å². The fourth-order valence-electron chi connectivity index (χ4n) is 3.09. The Morgan fingerprint density at radius 3 is 2.70 bits per heavy atom. The van der Waals surface area contributed by atoms with Crippen molar-refractivity contribution in [2.24, 2.45) is 0 Å². The van der Waals surface area contributed by atoms with Gasteiger partial charge in [0, 0.05) is 17.3 Å². The second-order valence-electron chi connectivity index (χ2n) is 6.70. The summed E-state index contributed by atoms with van der Waals surface area (Å²) in [6, 6.07) is 16.1. The minimum Gasteiger partial charge on any atom is -0.283 e. The van der Waals surface area contributed by atoms with Gasteiger partial charge in [0.2, 0.25) is 5.91 Å². The van der Waals surface area contributed by atoms with Crippen LogP contribution in [-0.4, -0.2) is 21.6 Å². The van der Waals surface area contributed by atoms with E-state index in [1.165, 1.54) is 40.8 Å². The number of anilines is 1. The zero-order valence-electron chi connectivity index (χ0n) is 16.4. The van der Waals surface area contributed by atoms with Crippen LogP contribution in [-0.2, 0) is 17.8 Å². The highest BCUT2D eigenvalue weighted by Crippen LogP contribution is 2.32. The van der Waals surface area contributed by atoms with Gasteiger partial charge in [-0.2, -0.15) is 0 Å². The van der Waals surface area contributed by atoms with Gasteiger partial charge in [0.1, 0.15) is 5.82 Å². The summed E-state index contributed by atoms with van der Waals surface area (Å²) >= 11 is 2.91. The molecule has 0 aliphatic rings. The van der Waals surface area contributed by atoms with E-state index in [0.29, 0.717) is 11.7 Å². The van der Waals surface area contributed by atoms with E-state index in [1.807, 2.05) is 24.3 Å². The zero-order valence-corrected chi connectivity index (χ0v) is 18.0. The van der Waals surface area contributed by atoms with Crippen molar-refractivity contribution in [3.63, 3.8) is 0 Å². The van der Waals surface area contributed by atoms with Crippen molar-refractivity contribution < 1.29 is 9.18 Å². The number of nitrogens with zero attached hydrogens (tertiary/aromatic N) is 3. The smallest absolute Gasteiger partial charge is 0.239 e. The summed E-state index contributed by atoms with van der Waals surface area (Å²) in [5, 5.41) is 0.680. The maximum absolute atomic E-state index is 13.2. The van der Waals surface area contributed by atoms with E-state index in [0.717, 1.165) is 27.1 Å². The molecule has 0 bridgehead atoms. The minimum absolute atomic E-state index is 0.0507. The van der Waals surface area contributed by atoms with Gasteiger partial charge in [0.25, 0.3) is 0 Å². The molecule has 0 atom stereocenters. The van der Waals surface area contributed by atoms with E-state index >= 15 is 0 Å². The first-order chi connectivity index (χ1) is 14.6. The number of amides is 1. The first-order valence-electron chi connectivity index (χ1n) is 9.60. The monoisotopic (exact) mass is 437 g/mol. The van der Waals surface area contributed by atoms with Gasteiger partial charge in [0.15, 0.2) is 5.13 Å². The summed E-state index contributed by atoms with van der Waals surface area (Å²) < 4.78 is 14.2. The number of aryl methyl sites for hydroxylation is 1. The van der Waals surface area contributed by atoms with Gasteiger partial charge in [0.05, 0.1) is 22.5 Å². The molecular formula is C23H20FN3OS2. The Kier molecular flexibility index (Phi) is 6.40. The van der Waals surface area contributed by atoms with Gasteiger partial charge in [-0.15, -0.1) is 11.8 Å². The van der Waals surface area contributed by atoms with Gasteiger partial charge < -0.3 is 0 Å². The van der Waals surface area contributed by atoms with Crippen LogP contribution in [0.1, 0.15) is 18.1 Å². The number of thioether (sulfide) groups is 1. The highest BCUT2D eigenvalue weighted by Gasteiger charge is 2.21. The SMILES string of the molecule is CCc1cccc2sc(N(Cc3cccnc3)C(=O)CSc3ccc(F)cc3)nc12. The molecule has 2 aromatic carbocycles. The molecule has 4 rings (SSSR count). The first-order valence-corrected chi connectivity index (χ1v) is 11.4. The Morgan fingerprint density at radius 2 is 1.97 bits per heavy atom. The van der Waals surface area contributed by atoms with E-state index in [1.54, 1.807) is 29.4 Å². The largest absolute Gasteiger partial charge is 0.283 e. The highest BCUT2D eigenvalue weighted by atomic mass is 32.2. The number of rotatable bonds is 7. The van der Waals surface area contributed by atoms with Crippen LogP contribution in [0.3, 0.4) is 0 Å². The Bertz CT molecular complexity index is 1150. The third-order valence-corrected chi connectivity index (χ3v) is 6.68. The lowest BCUT2D eigenvalue weighted by Gasteiger charge is -2.19. The maximum atomic E-state index is 13.2. The number of hydrogen-bond acceptors (Lipinski definition) is 5. The summed E-state index contributed by atoms with van der Waals surface area (Å²) in [6.07, 6.45) is 4.36. The van der Waals surface area contributed by atoms with Crippen molar-refractivity contribution in [2.45, 2.75) is 24.8 Å².